The number of rotatable bonds is 3. The average Bonchev–Trinajstić information content (AvgIpc) is 2.84. The molecule has 1 heterocycles. The van der Waals surface area contributed by atoms with Crippen molar-refractivity contribution >= 4 is 5.71 Å². The summed E-state index contributed by atoms with van der Waals surface area (Å²) in [6.45, 7) is 0. The molecule has 0 saturated heterocycles. The van der Waals surface area contributed by atoms with Gasteiger partial charge in [-0.15, -0.1) is 0 Å². The minimum absolute atomic E-state index is 0.349. The van der Waals surface area contributed by atoms with Gasteiger partial charge in [0.15, 0.2) is 11.5 Å². The van der Waals surface area contributed by atoms with Crippen molar-refractivity contribution in [1.82, 2.24) is 0 Å². The van der Waals surface area contributed by atoms with Crippen molar-refractivity contribution in [3.63, 3.8) is 0 Å². The second-order valence-electron chi connectivity index (χ2n) is 3.13. The normalized spacial score (nSPS) is 11.4. The molecule has 16 heavy (non-hydrogen) atoms. The molecule has 0 bridgehead atoms. The quantitative estimate of drug-likeness (QED) is 0.488. The first-order valence-electron chi connectivity index (χ1n) is 4.76. The monoisotopic (exact) mass is 217 g/mol. The Labute approximate surface area is 92.8 Å². The van der Waals surface area contributed by atoms with Gasteiger partial charge >= 0.3 is 0 Å². The fraction of sp³-hybridized carbons (Fsp3) is 0.0833. The smallest absolute Gasteiger partial charge is 0.156 e. The summed E-state index contributed by atoms with van der Waals surface area (Å²) in [4.78, 5) is 0. The van der Waals surface area contributed by atoms with Gasteiger partial charge in [-0.3, -0.25) is 0 Å². The van der Waals surface area contributed by atoms with Crippen molar-refractivity contribution in [3.8, 4) is 5.75 Å². The number of nitrogens with zero attached hydrogens (tertiary/aromatic N) is 1. The van der Waals surface area contributed by atoms with E-state index in [2.05, 4.69) is 5.16 Å². The number of para-hydroxylation sites is 1. The van der Waals surface area contributed by atoms with E-state index < -0.39 is 0 Å². The fourth-order valence-corrected chi connectivity index (χ4v) is 1.49. The maximum Gasteiger partial charge on any atom is 0.156 e. The summed E-state index contributed by atoms with van der Waals surface area (Å²) in [7, 11) is 1.57. The Bertz CT molecular complexity index is 489. The zero-order valence-electron chi connectivity index (χ0n) is 8.75. The van der Waals surface area contributed by atoms with E-state index in [9.17, 15) is 0 Å². The van der Waals surface area contributed by atoms with E-state index in [1.165, 1.54) is 6.26 Å². The second kappa shape index (κ2) is 4.53. The molecule has 0 unspecified atom stereocenters. The topological polar surface area (TPSA) is 55.0 Å². The van der Waals surface area contributed by atoms with Crippen LogP contribution in [0.3, 0.4) is 0 Å². The number of benzene rings is 1. The van der Waals surface area contributed by atoms with Crippen LogP contribution < -0.4 is 4.74 Å². The maximum absolute atomic E-state index is 9.04. The minimum Gasteiger partial charge on any atom is -0.496 e. The van der Waals surface area contributed by atoms with Crippen LogP contribution in [0, 0.1) is 0 Å². The number of oxime groups is 1. The molecule has 1 aromatic carbocycles. The first-order chi connectivity index (χ1) is 7.86. The summed E-state index contributed by atoms with van der Waals surface area (Å²) in [5.74, 6) is 1.12. The van der Waals surface area contributed by atoms with Gasteiger partial charge in [0.25, 0.3) is 0 Å². The van der Waals surface area contributed by atoms with Crippen molar-refractivity contribution in [2.24, 2.45) is 5.16 Å². The standard InChI is InChI=1S/C12H11NO3/c1-15-10-6-3-2-5-9(10)12(13-14)11-7-4-8-16-11/h2-8,14H,1H3/b13-12+. The van der Waals surface area contributed by atoms with E-state index in [1.807, 2.05) is 12.1 Å². The Hall–Kier alpha value is -2.23. The van der Waals surface area contributed by atoms with Crippen molar-refractivity contribution in [2.45, 2.75) is 0 Å². The molecule has 4 heteroatoms. The molecule has 0 aliphatic rings. The van der Waals surface area contributed by atoms with Crippen LogP contribution in [-0.4, -0.2) is 18.0 Å². The number of hydrogen-bond acceptors (Lipinski definition) is 4. The molecule has 4 nitrogen and oxygen atoms in total. The van der Waals surface area contributed by atoms with E-state index in [-0.39, 0.29) is 0 Å². The highest BCUT2D eigenvalue weighted by molar-refractivity contribution is 6.12. The van der Waals surface area contributed by atoms with Crippen LogP contribution in [-0.2, 0) is 0 Å². The zero-order valence-corrected chi connectivity index (χ0v) is 8.75. The highest BCUT2D eigenvalue weighted by Gasteiger charge is 2.14. The first-order valence-corrected chi connectivity index (χ1v) is 4.76. The van der Waals surface area contributed by atoms with Crippen LogP contribution in [0.15, 0.2) is 52.2 Å². The lowest BCUT2D eigenvalue weighted by molar-refractivity contribution is 0.318. The number of hydrogen-bond donors (Lipinski definition) is 1. The molecule has 0 amide bonds. The number of ether oxygens (including phenoxy) is 1. The van der Waals surface area contributed by atoms with Crippen LogP contribution in [0.1, 0.15) is 11.3 Å². The molecule has 0 atom stereocenters. The lowest BCUT2D eigenvalue weighted by Crippen LogP contribution is -2.04. The molecule has 1 aromatic heterocycles. The van der Waals surface area contributed by atoms with Crippen LogP contribution in [0.4, 0.5) is 0 Å². The van der Waals surface area contributed by atoms with Gasteiger partial charge in [-0.05, 0) is 24.3 Å². The predicted molar refractivity (Wildman–Crippen MR) is 59.1 cm³/mol. The van der Waals surface area contributed by atoms with Gasteiger partial charge < -0.3 is 14.4 Å². The first kappa shape index (κ1) is 10.3. The van der Waals surface area contributed by atoms with Crippen molar-refractivity contribution in [2.75, 3.05) is 7.11 Å². The summed E-state index contributed by atoms with van der Waals surface area (Å²) in [6.07, 6.45) is 1.52. The predicted octanol–water partition coefficient (Wildman–Crippen LogP) is 2.51. The van der Waals surface area contributed by atoms with E-state index in [4.69, 9.17) is 14.4 Å². The van der Waals surface area contributed by atoms with Crippen molar-refractivity contribution in [3.05, 3.63) is 54.0 Å². The van der Waals surface area contributed by atoms with Crippen LogP contribution in [0.25, 0.3) is 0 Å². The Kier molecular flexibility index (Phi) is 2.91. The van der Waals surface area contributed by atoms with Gasteiger partial charge in [0, 0.05) is 5.56 Å². The molecule has 0 fully saturated rings. The Balaban J connectivity index is 2.50. The molecule has 0 radical (unpaired) electrons. The van der Waals surface area contributed by atoms with E-state index in [0.29, 0.717) is 22.8 Å². The number of methoxy groups -OCH3 is 1. The molecule has 2 rings (SSSR count). The third-order valence-corrected chi connectivity index (χ3v) is 2.22. The van der Waals surface area contributed by atoms with Gasteiger partial charge in [-0.2, -0.15) is 0 Å². The highest BCUT2D eigenvalue weighted by atomic mass is 16.5. The molecular formula is C12H11NO3. The third-order valence-electron chi connectivity index (χ3n) is 2.22. The van der Waals surface area contributed by atoms with E-state index in [0.717, 1.165) is 0 Å². The van der Waals surface area contributed by atoms with Crippen LogP contribution in [0.5, 0.6) is 5.75 Å². The highest BCUT2D eigenvalue weighted by Crippen LogP contribution is 2.21. The third kappa shape index (κ3) is 1.77. The minimum atomic E-state index is 0.349. The Morgan fingerprint density at radius 3 is 2.69 bits per heavy atom. The second-order valence-corrected chi connectivity index (χ2v) is 3.13. The number of furan rings is 1. The van der Waals surface area contributed by atoms with Crippen molar-refractivity contribution < 1.29 is 14.4 Å². The van der Waals surface area contributed by atoms with Gasteiger partial charge in [0.2, 0.25) is 0 Å². The van der Waals surface area contributed by atoms with Crippen molar-refractivity contribution in [1.29, 1.82) is 0 Å². The molecular weight excluding hydrogens is 206 g/mol. The SMILES string of the molecule is COc1ccccc1/C(=N\O)c1ccco1. The molecule has 2 aromatic rings. The van der Waals surface area contributed by atoms with Gasteiger partial charge in [0.05, 0.1) is 13.4 Å². The van der Waals surface area contributed by atoms with Gasteiger partial charge in [0.1, 0.15) is 5.75 Å². The molecule has 0 aliphatic heterocycles. The van der Waals surface area contributed by atoms with Crippen LogP contribution >= 0.6 is 0 Å². The summed E-state index contributed by atoms with van der Waals surface area (Å²) in [5.41, 5.74) is 1.03. The summed E-state index contributed by atoms with van der Waals surface area (Å²) in [6, 6.07) is 10.7. The molecule has 1 N–H and O–H groups in total. The Morgan fingerprint density at radius 2 is 2.06 bits per heavy atom. The molecule has 82 valence electrons. The molecule has 0 spiro atoms. The van der Waals surface area contributed by atoms with E-state index in [1.54, 1.807) is 31.4 Å². The summed E-state index contributed by atoms with van der Waals surface area (Å²) < 4.78 is 10.4. The Morgan fingerprint density at radius 1 is 1.25 bits per heavy atom. The molecule has 0 saturated carbocycles. The van der Waals surface area contributed by atoms with Crippen LogP contribution in [0.2, 0.25) is 0 Å². The van der Waals surface area contributed by atoms with Gasteiger partial charge in [-0.1, -0.05) is 17.3 Å². The zero-order chi connectivity index (χ0) is 11.4. The summed E-state index contributed by atoms with van der Waals surface area (Å²) in [5, 5.41) is 12.3. The van der Waals surface area contributed by atoms with E-state index >= 15 is 0 Å². The lowest BCUT2D eigenvalue weighted by Gasteiger charge is -2.07. The molecule has 0 aliphatic carbocycles. The maximum atomic E-state index is 9.04. The summed E-state index contributed by atoms with van der Waals surface area (Å²) >= 11 is 0. The van der Waals surface area contributed by atoms with Gasteiger partial charge in [-0.25, -0.2) is 0 Å². The largest absolute Gasteiger partial charge is 0.496 e. The average molecular weight is 217 g/mol. The lowest BCUT2D eigenvalue weighted by atomic mass is 10.1. The fourth-order valence-electron chi connectivity index (χ4n) is 1.49.